The zero-order chi connectivity index (χ0) is 17.7. The van der Waals surface area contributed by atoms with Gasteiger partial charge in [0.25, 0.3) is 0 Å². The van der Waals surface area contributed by atoms with Gasteiger partial charge in [0, 0.05) is 18.4 Å². The van der Waals surface area contributed by atoms with Gasteiger partial charge in [-0.3, -0.25) is 0 Å². The lowest BCUT2D eigenvalue weighted by Crippen LogP contribution is -2.50. The molecule has 1 rings (SSSR count). The highest BCUT2D eigenvalue weighted by Gasteiger charge is 2.37. The van der Waals surface area contributed by atoms with Crippen LogP contribution in [0.4, 0.5) is 4.79 Å². The van der Waals surface area contributed by atoms with Crippen LogP contribution in [0.2, 0.25) is 0 Å². The summed E-state index contributed by atoms with van der Waals surface area (Å²) in [6, 6.07) is 0. The molecule has 0 unspecified atom stereocenters. The number of halogens is 1. The van der Waals surface area contributed by atoms with Crippen LogP contribution >= 0.6 is 15.9 Å². The summed E-state index contributed by atoms with van der Waals surface area (Å²) in [5.41, 5.74) is -0.827. The molecule has 0 spiro atoms. The Balaban J connectivity index is 2.42. The lowest BCUT2D eigenvalue weighted by molar-refractivity contribution is -0.102. The minimum atomic E-state index is -0.457. The molecular weight excluding hydrogens is 362 g/mol. The summed E-state index contributed by atoms with van der Waals surface area (Å²) in [6.07, 6.45) is 1.36. The first kappa shape index (κ1) is 20.7. The number of piperidine rings is 1. The van der Waals surface area contributed by atoms with Gasteiger partial charge in [-0.25, -0.2) is 4.79 Å². The fourth-order valence-electron chi connectivity index (χ4n) is 2.35. The number of hydrogen-bond donors (Lipinski definition) is 0. The first-order valence-corrected chi connectivity index (χ1v) is 9.40. The summed E-state index contributed by atoms with van der Waals surface area (Å²) in [4.78, 5) is 13.9. The predicted molar refractivity (Wildman–Crippen MR) is 95.2 cm³/mol. The van der Waals surface area contributed by atoms with Crippen molar-refractivity contribution in [3.05, 3.63) is 0 Å². The average Bonchev–Trinajstić information content (AvgIpc) is 2.41. The Labute approximate surface area is 149 Å². The SMILES string of the molecule is CC(C)(C)OCCOC1(CBr)CCN(C(=O)OC(C)(C)C)CC1. The second kappa shape index (κ2) is 8.17. The summed E-state index contributed by atoms with van der Waals surface area (Å²) in [5, 5.41) is 0.762. The fraction of sp³-hybridized carbons (Fsp3) is 0.941. The molecule has 0 aromatic rings. The largest absolute Gasteiger partial charge is 0.444 e. The van der Waals surface area contributed by atoms with E-state index in [1.54, 1.807) is 4.90 Å². The quantitative estimate of drug-likeness (QED) is 0.523. The number of nitrogens with zero attached hydrogens (tertiary/aromatic N) is 1. The van der Waals surface area contributed by atoms with Gasteiger partial charge in [0.2, 0.25) is 0 Å². The number of carbonyl (C=O) groups excluding carboxylic acids is 1. The standard InChI is InChI=1S/C17H32BrNO4/c1-15(2,3)21-11-12-22-17(13-18)7-9-19(10-8-17)14(20)23-16(4,5)6/h7-13H2,1-6H3. The molecule has 5 nitrogen and oxygen atoms in total. The van der Waals surface area contributed by atoms with Crippen LogP contribution in [0.15, 0.2) is 0 Å². The highest BCUT2D eigenvalue weighted by Crippen LogP contribution is 2.29. The second-order valence-electron chi connectivity index (χ2n) is 8.09. The van der Waals surface area contributed by atoms with Crippen LogP contribution in [-0.4, -0.2) is 59.4 Å². The van der Waals surface area contributed by atoms with Crippen molar-refractivity contribution in [2.45, 2.75) is 71.2 Å². The highest BCUT2D eigenvalue weighted by atomic mass is 79.9. The molecule has 0 N–H and O–H groups in total. The predicted octanol–water partition coefficient (Wildman–Crippen LogP) is 3.98. The Bertz CT molecular complexity index is 379. The molecular formula is C17H32BrNO4. The molecule has 0 saturated carbocycles. The first-order chi connectivity index (χ1) is 10.5. The van der Waals surface area contributed by atoms with Gasteiger partial charge in [-0.1, -0.05) is 15.9 Å². The smallest absolute Gasteiger partial charge is 0.410 e. The van der Waals surface area contributed by atoms with Crippen molar-refractivity contribution in [2.24, 2.45) is 0 Å². The van der Waals surface area contributed by atoms with Crippen LogP contribution in [0, 0.1) is 0 Å². The van der Waals surface area contributed by atoms with Crippen LogP contribution in [0.5, 0.6) is 0 Å². The topological polar surface area (TPSA) is 48.0 Å². The van der Waals surface area contributed by atoms with E-state index in [0.717, 1.165) is 18.2 Å². The van der Waals surface area contributed by atoms with E-state index in [2.05, 4.69) is 15.9 Å². The Kier molecular flexibility index (Phi) is 7.36. The molecule has 23 heavy (non-hydrogen) atoms. The van der Waals surface area contributed by atoms with Crippen LogP contribution < -0.4 is 0 Å². The Morgan fingerprint density at radius 3 is 2.04 bits per heavy atom. The van der Waals surface area contributed by atoms with E-state index in [-0.39, 0.29) is 17.3 Å². The molecule has 0 atom stereocenters. The van der Waals surface area contributed by atoms with Crippen molar-refractivity contribution in [3.63, 3.8) is 0 Å². The minimum Gasteiger partial charge on any atom is -0.444 e. The van der Waals surface area contributed by atoms with E-state index in [1.807, 2.05) is 41.5 Å². The molecule has 1 heterocycles. The van der Waals surface area contributed by atoms with E-state index >= 15 is 0 Å². The third kappa shape index (κ3) is 7.86. The van der Waals surface area contributed by atoms with Crippen molar-refractivity contribution in [1.29, 1.82) is 0 Å². The maximum absolute atomic E-state index is 12.1. The number of likely N-dealkylation sites (tertiary alicyclic amines) is 1. The zero-order valence-corrected chi connectivity index (χ0v) is 17.0. The fourth-order valence-corrected chi connectivity index (χ4v) is 3.07. The second-order valence-corrected chi connectivity index (χ2v) is 8.65. The maximum atomic E-state index is 12.1. The van der Waals surface area contributed by atoms with E-state index in [1.165, 1.54) is 0 Å². The third-order valence-electron chi connectivity index (χ3n) is 3.60. The number of hydrogen-bond acceptors (Lipinski definition) is 4. The lowest BCUT2D eigenvalue weighted by atomic mass is 9.93. The molecule has 0 bridgehead atoms. The molecule has 0 aromatic heterocycles. The van der Waals surface area contributed by atoms with Crippen LogP contribution in [0.1, 0.15) is 54.4 Å². The van der Waals surface area contributed by atoms with Gasteiger partial charge in [0.05, 0.1) is 24.4 Å². The summed E-state index contributed by atoms with van der Waals surface area (Å²) in [6.45, 7) is 14.2. The monoisotopic (exact) mass is 393 g/mol. The van der Waals surface area contributed by atoms with Gasteiger partial charge in [-0.15, -0.1) is 0 Å². The molecule has 0 radical (unpaired) electrons. The molecule has 1 amide bonds. The highest BCUT2D eigenvalue weighted by molar-refractivity contribution is 9.09. The van der Waals surface area contributed by atoms with Gasteiger partial charge in [-0.2, -0.15) is 0 Å². The van der Waals surface area contributed by atoms with Gasteiger partial charge < -0.3 is 19.1 Å². The van der Waals surface area contributed by atoms with Crippen molar-refractivity contribution in [2.75, 3.05) is 31.6 Å². The van der Waals surface area contributed by atoms with E-state index in [9.17, 15) is 4.79 Å². The number of ether oxygens (including phenoxy) is 3. The van der Waals surface area contributed by atoms with Crippen molar-refractivity contribution >= 4 is 22.0 Å². The number of carbonyl (C=O) groups is 1. The van der Waals surface area contributed by atoms with E-state index in [4.69, 9.17) is 14.2 Å². The zero-order valence-electron chi connectivity index (χ0n) is 15.4. The molecule has 6 heteroatoms. The first-order valence-electron chi connectivity index (χ1n) is 8.28. The lowest BCUT2D eigenvalue weighted by Gasteiger charge is -2.41. The van der Waals surface area contributed by atoms with Crippen LogP contribution in [0.3, 0.4) is 0 Å². The van der Waals surface area contributed by atoms with Crippen molar-refractivity contribution < 1.29 is 19.0 Å². The van der Waals surface area contributed by atoms with Crippen LogP contribution in [-0.2, 0) is 14.2 Å². The van der Waals surface area contributed by atoms with Crippen molar-refractivity contribution in [1.82, 2.24) is 4.90 Å². The summed E-state index contributed by atoms with van der Waals surface area (Å²) >= 11 is 3.57. The normalized spacial score (nSPS) is 18.8. The molecule has 1 fully saturated rings. The minimum absolute atomic E-state index is 0.148. The van der Waals surface area contributed by atoms with Crippen molar-refractivity contribution in [3.8, 4) is 0 Å². The Morgan fingerprint density at radius 2 is 1.61 bits per heavy atom. The number of amides is 1. The van der Waals surface area contributed by atoms with Gasteiger partial charge in [-0.05, 0) is 54.4 Å². The Hall–Kier alpha value is -0.330. The van der Waals surface area contributed by atoms with E-state index < -0.39 is 5.60 Å². The number of alkyl halides is 1. The van der Waals surface area contributed by atoms with Gasteiger partial charge in [0.1, 0.15) is 5.60 Å². The van der Waals surface area contributed by atoms with Gasteiger partial charge >= 0.3 is 6.09 Å². The summed E-state index contributed by atoms with van der Waals surface area (Å²) < 4.78 is 17.2. The molecule has 0 aromatic carbocycles. The summed E-state index contributed by atoms with van der Waals surface area (Å²) in [7, 11) is 0. The average molecular weight is 394 g/mol. The van der Waals surface area contributed by atoms with E-state index in [0.29, 0.717) is 26.3 Å². The molecule has 1 saturated heterocycles. The summed E-state index contributed by atoms with van der Waals surface area (Å²) in [5.74, 6) is 0. The van der Waals surface area contributed by atoms with Crippen LogP contribution in [0.25, 0.3) is 0 Å². The van der Waals surface area contributed by atoms with Gasteiger partial charge in [0.15, 0.2) is 0 Å². The molecule has 136 valence electrons. The molecule has 0 aliphatic carbocycles. The maximum Gasteiger partial charge on any atom is 0.410 e. The molecule has 1 aliphatic rings. The molecule has 1 aliphatic heterocycles. The third-order valence-corrected chi connectivity index (χ3v) is 4.62. The number of rotatable bonds is 5. The Morgan fingerprint density at radius 1 is 1.04 bits per heavy atom.